The Balaban J connectivity index is 1.65. The number of Topliss-reactive ketones (excluding diaryl/α,β-unsaturated/α-hetero) is 1. The molecule has 1 aromatic carbocycles. The summed E-state index contributed by atoms with van der Waals surface area (Å²) >= 11 is 5.24. The zero-order valence-electron chi connectivity index (χ0n) is 16.3. The number of rotatable bonds is 3. The minimum absolute atomic E-state index is 0.0322. The number of hydrogen-bond donors (Lipinski definition) is 2. The summed E-state index contributed by atoms with van der Waals surface area (Å²) in [5, 5.41) is 6.55. The van der Waals surface area contributed by atoms with E-state index in [2.05, 4.69) is 23.9 Å². The quantitative estimate of drug-likeness (QED) is 0.775. The van der Waals surface area contributed by atoms with Crippen LogP contribution in [0.1, 0.15) is 60.0 Å². The van der Waals surface area contributed by atoms with Crippen molar-refractivity contribution >= 4 is 28.8 Å². The number of ketones is 1. The molecule has 0 spiro atoms. The van der Waals surface area contributed by atoms with Crippen LogP contribution >= 0.6 is 12.2 Å². The first-order valence-corrected chi connectivity index (χ1v) is 9.74. The highest BCUT2D eigenvalue weighted by atomic mass is 32.1. The van der Waals surface area contributed by atoms with Crippen molar-refractivity contribution in [2.75, 3.05) is 7.11 Å². The number of thiocarbonyl (C=S) groups is 1. The van der Waals surface area contributed by atoms with Crippen LogP contribution in [0.15, 0.2) is 35.4 Å². The third kappa shape index (κ3) is 3.30. The Bertz CT molecular complexity index is 975. The van der Waals surface area contributed by atoms with E-state index in [-0.39, 0.29) is 22.4 Å². The molecule has 1 atom stereocenters. The van der Waals surface area contributed by atoms with E-state index in [0.717, 1.165) is 40.4 Å². The fraction of sp³-hybridized carbons (Fsp3) is 0.381. The second-order valence-electron chi connectivity index (χ2n) is 8.24. The van der Waals surface area contributed by atoms with Crippen molar-refractivity contribution in [2.24, 2.45) is 16.3 Å². The molecule has 0 amide bonds. The lowest BCUT2D eigenvalue weighted by Crippen LogP contribution is -2.31. The van der Waals surface area contributed by atoms with Gasteiger partial charge in [0.2, 0.25) is 0 Å². The average molecular weight is 397 g/mol. The average Bonchev–Trinajstić information content (AvgIpc) is 3.25. The summed E-state index contributed by atoms with van der Waals surface area (Å²) in [6.45, 7) is 4.24. The summed E-state index contributed by atoms with van der Waals surface area (Å²) in [4.78, 5) is 16.0. The van der Waals surface area contributed by atoms with Crippen LogP contribution in [-0.4, -0.2) is 33.7 Å². The van der Waals surface area contributed by atoms with E-state index < -0.39 is 0 Å². The molecular formula is C21H24N4O2S. The molecular weight excluding hydrogens is 372 g/mol. The maximum Gasteiger partial charge on any atom is 0.187 e. The topological polar surface area (TPSA) is 83.7 Å². The van der Waals surface area contributed by atoms with Gasteiger partial charge in [-0.15, -0.1) is 0 Å². The molecule has 1 aliphatic heterocycles. The summed E-state index contributed by atoms with van der Waals surface area (Å²) in [5.41, 5.74) is 10.5. The van der Waals surface area contributed by atoms with Crippen LogP contribution in [0.25, 0.3) is 0 Å². The number of H-pyrrole nitrogens is 1. The fourth-order valence-electron chi connectivity index (χ4n) is 4.07. The van der Waals surface area contributed by atoms with Crippen molar-refractivity contribution in [1.82, 2.24) is 9.99 Å². The number of hydrogen-bond acceptors (Lipinski definition) is 4. The first-order valence-electron chi connectivity index (χ1n) is 9.33. The predicted molar refractivity (Wildman–Crippen MR) is 113 cm³/mol. The minimum atomic E-state index is -0.142. The molecule has 0 saturated carbocycles. The molecule has 0 saturated heterocycles. The molecule has 0 bridgehead atoms. The number of nitrogens with two attached hydrogens (primary N) is 1. The van der Waals surface area contributed by atoms with Crippen LogP contribution in [-0.2, 0) is 6.42 Å². The van der Waals surface area contributed by atoms with E-state index in [0.29, 0.717) is 12.8 Å². The predicted octanol–water partition coefficient (Wildman–Crippen LogP) is 3.57. The summed E-state index contributed by atoms with van der Waals surface area (Å²) in [7, 11) is 1.64. The number of hydrazone groups is 1. The van der Waals surface area contributed by atoms with E-state index >= 15 is 0 Å². The maximum atomic E-state index is 12.6. The molecule has 3 N–H and O–H groups in total. The number of carbonyl (C=O) groups is 1. The van der Waals surface area contributed by atoms with E-state index in [1.54, 1.807) is 12.1 Å². The van der Waals surface area contributed by atoms with Crippen LogP contribution in [0.3, 0.4) is 0 Å². The highest BCUT2D eigenvalue weighted by Crippen LogP contribution is 2.38. The lowest BCUT2D eigenvalue weighted by molar-refractivity contribution is 0.0912. The van der Waals surface area contributed by atoms with Gasteiger partial charge < -0.3 is 15.5 Å². The van der Waals surface area contributed by atoms with E-state index in [9.17, 15) is 4.79 Å². The SMILES string of the molecule is COc1ccc(C2=NN(C(N)=S)C(c3cc4c([nH]3)CC(C)(C)CC4=O)C2)cc1. The lowest BCUT2D eigenvalue weighted by Gasteiger charge is -2.28. The van der Waals surface area contributed by atoms with Gasteiger partial charge in [-0.05, 0) is 59.9 Å². The summed E-state index contributed by atoms with van der Waals surface area (Å²) in [6, 6.07) is 9.58. The van der Waals surface area contributed by atoms with Gasteiger partial charge in [0.05, 0.1) is 12.8 Å². The van der Waals surface area contributed by atoms with Gasteiger partial charge in [0.1, 0.15) is 11.8 Å². The molecule has 1 aliphatic carbocycles. The van der Waals surface area contributed by atoms with Crippen molar-refractivity contribution in [1.29, 1.82) is 0 Å². The zero-order chi connectivity index (χ0) is 20.1. The van der Waals surface area contributed by atoms with Crippen molar-refractivity contribution in [3.63, 3.8) is 0 Å². The molecule has 2 aromatic rings. The number of methoxy groups -OCH3 is 1. The van der Waals surface area contributed by atoms with Gasteiger partial charge in [-0.1, -0.05) is 13.8 Å². The Kier molecular flexibility index (Phi) is 4.50. The van der Waals surface area contributed by atoms with Gasteiger partial charge in [0.25, 0.3) is 0 Å². The normalized spacial score (nSPS) is 20.7. The largest absolute Gasteiger partial charge is 0.497 e. The first-order chi connectivity index (χ1) is 13.3. The Labute approximate surface area is 169 Å². The summed E-state index contributed by atoms with van der Waals surface area (Å²) in [6.07, 6.45) is 2.06. The van der Waals surface area contributed by atoms with E-state index in [4.69, 9.17) is 22.7 Å². The Hall–Kier alpha value is -2.67. The van der Waals surface area contributed by atoms with Gasteiger partial charge in [-0.2, -0.15) is 5.10 Å². The molecule has 0 fully saturated rings. The zero-order valence-corrected chi connectivity index (χ0v) is 17.1. The third-order valence-corrected chi connectivity index (χ3v) is 5.62. The monoisotopic (exact) mass is 396 g/mol. The lowest BCUT2D eigenvalue weighted by atomic mass is 9.76. The number of nitrogens with one attached hydrogen (secondary N) is 1. The standard InChI is InChI=1S/C21H24N4O2S/c1-21(2)10-17-14(19(26)11-21)8-16(23-17)18-9-15(24-25(18)20(22)28)12-4-6-13(27-3)7-5-12/h4-8,18,23H,9-11H2,1-3H3,(H2,22,28). The van der Waals surface area contributed by atoms with Crippen LogP contribution in [0.2, 0.25) is 0 Å². The number of aromatic nitrogens is 1. The molecule has 1 aromatic heterocycles. The van der Waals surface area contributed by atoms with Gasteiger partial charge >= 0.3 is 0 Å². The number of nitrogens with zero attached hydrogens (tertiary/aromatic N) is 2. The number of carbonyl (C=O) groups excluding carboxylic acids is 1. The second-order valence-corrected chi connectivity index (χ2v) is 8.65. The van der Waals surface area contributed by atoms with Gasteiger partial charge in [-0.3, -0.25) is 4.79 Å². The molecule has 2 aliphatic rings. The Morgan fingerprint density at radius 1 is 1.32 bits per heavy atom. The third-order valence-electron chi connectivity index (χ3n) is 5.43. The summed E-state index contributed by atoms with van der Waals surface area (Å²) < 4.78 is 5.23. The Morgan fingerprint density at radius 2 is 2.04 bits per heavy atom. The molecule has 7 heteroatoms. The molecule has 0 radical (unpaired) electrons. The second kappa shape index (κ2) is 6.74. The molecule has 1 unspecified atom stereocenters. The van der Waals surface area contributed by atoms with Gasteiger partial charge in [0, 0.05) is 29.8 Å². The van der Waals surface area contributed by atoms with Gasteiger partial charge in [-0.25, -0.2) is 5.01 Å². The molecule has 28 heavy (non-hydrogen) atoms. The van der Waals surface area contributed by atoms with E-state index in [1.165, 1.54) is 0 Å². The number of fused-ring (bicyclic) bond motifs is 1. The van der Waals surface area contributed by atoms with Gasteiger partial charge in [0.15, 0.2) is 10.9 Å². The van der Waals surface area contributed by atoms with Crippen LogP contribution in [0.4, 0.5) is 0 Å². The molecule has 2 heterocycles. The maximum absolute atomic E-state index is 12.6. The van der Waals surface area contributed by atoms with Crippen molar-refractivity contribution in [2.45, 2.75) is 39.2 Å². The van der Waals surface area contributed by atoms with Crippen molar-refractivity contribution in [3.8, 4) is 5.75 Å². The van der Waals surface area contributed by atoms with E-state index in [1.807, 2.05) is 30.3 Å². The van der Waals surface area contributed by atoms with Crippen molar-refractivity contribution < 1.29 is 9.53 Å². The minimum Gasteiger partial charge on any atom is -0.497 e. The fourth-order valence-corrected chi connectivity index (χ4v) is 4.24. The van der Waals surface area contributed by atoms with Crippen LogP contribution in [0, 0.1) is 5.41 Å². The summed E-state index contributed by atoms with van der Waals surface area (Å²) in [5.74, 6) is 0.980. The highest BCUT2D eigenvalue weighted by Gasteiger charge is 2.36. The molecule has 146 valence electrons. The number of aromatic amines is 1. The highest BCUT2D eigenvalue weighted by molar-refractivity contribution is 7.80. The van der Waals surface area contributed by atoms with Crippen molar-refractivity contribution in [3.05, 3.63) is 52.8 Å². The first kappa shape index (κ1) is 18.7. The Morgan fingerprint density at radius 3 is 2.68 bits per heavy atom. The van der Waals surface area contributed by atoms with Crippen LogP contribution in [0.5, 0.6) is 5.75 Å². The molecule has 6 nitrogen and oxygen atoms in total. The smallest absolute Gasteiger partial charge is 0.187 e. The number of benzene rings is 1. The van der Waals surface area contributed by atoms with Crippen LogP contribution < -0.4 is 10.5 Å². The number of ether oxygens (including phenoxy) is 1. The molecule has 4 rings (SSSR count).